The fourth-order valence-corrected chi connectivity index (χ4v) is 2.37. The average Bonchev–Trinajstić information content (AvgIpc) is 2.50. The summed E-state index contributed by atoms with van der Waals surface area (Å²) in [6.45, 7) is 2.03. The van der Waals surface area contributed by atoms with Crippen LogP contribution in [-0.4, -0.2) is 15.4 Å². The molecular formula is C17H14ClN3O. The number of anilines is 2. The van der Waals surface area contributed by atoms with Gasteiger partial charge in [-0.2, -0.15) is 0 Å². The lowest BCUT2D eigenvalue weighted by atomic mass is 10.1. The van der Waals surface area contributed by atoms with Gasteiger partial charge < -0.3 is 10.8 Å². The molecule has 1 heterocycles. The Labute approximate surface area is 133 Å². The van der Waals surface area contributed by atoms with Crippen LogP contribution in [0.5, 0.6) is 0 Å². The van der Waals surface area contributed by atoms with Crippen molar-refractivity contribution in [1.82, 2.24) is 9.97 Å². The molecule has 5 heteroatoms. The topological polar surface area (TPSA) is 69.3 Å². The first-order chi connectivity index (χ1) is 10.2. The van der Waals surface area contributed by atoms with E-state index >= 15 is 0 Å². The summed E-state index contributed by atoms with van der Waals surface area (Å²) in [5, 5.41) is 4.70. The predicted octanol–water partition coefficient (Wildman–Crippen LogP) is 3.49. The minimum absolute atomic E-state index is 0. The molecule has 1 aromatic heterocycles. The van der Waals surface area contributed by atoms with Crippen molar-refractivity contribution >= 4 is 34.0 Å². The van der Waals surface area contributed by atoms with Crippen LogP contribution in [-0.2, 0) is 0 Å². The van der Waals surface area contributed by atoms with Gasteiger partial charge in [0, 0.05) is 10.9 Å². The summed E-state index contributed by atoms with van der Waals surface area (Å²) < 4.78 is 0. The summed E-state index contributed by atoms with van der Waals surface area (Å²) in [6.07, 6.45) is 6.96. The minimum Gasteiger partial charge on any atom is -0.412 e. The van der Waals surface area contributed by atoms with Gasteiger partial charge in [0.05, 0.1) is 16.2 Å². The first-order valence-electron chi connectivity index (χ1n) is 6.42. The largest absolute Gasteiger partial charge is 0.412 e. The Morgan fingerprint density at radius 1 is 1.18 bits per heavy atom. The molecule has 0 saturated heterocycles. The summed E-state index contributed by atoms with van der Waals surface area (Å²) in [6, 6.07) is 11.6. The Bertz CT molecular complexity index is 871. The highest BCUT2D eigenvalue weighted by molar-refractivity contribution is 6.34. The number of rotatable bonds is 2. The molecule has 110 valence electrons. The van der Waals surface area contributed by atoms with Gasteiger partial charge in [-0.15, -0.1) is 6.42 Å². The zero-order valence-corrected chi connectivity index (χ0v) is 12.6. The minimum atomic E-state index is 0. The van der Waals surface area contributed by atoms with E-state index in [-0.39, 0.29) is 5.48 Å². The third-order valence-corrected chi connectivity index (χ3v) is 3.61. The van der Waals surface area contributed by atoms with E-state index in [4.69, 9.17) is 18.0 Å². The van der Waals surface area contributed by atoms with Crippen molar-refractivity contribution < 1.29 is 5.48 Å². The number of aromatic nitrogens is 2. The maximum atomic E-state index is 6.29. The van der Waals surface area contributed by atoms with Gasteiger partial charge in [-0.3, -0.25) is 0 Å². The molecule has 0 atom stereocenters. The molecule has 0 aliphatic heterocycles. The van der Waals surface area contributed by atoms with Gasteiger partial charge in [0.25, 0.3) is 0 Å². The molecule has 0 bridgehead atoms. The Hall–Kier alpha value is -2.61. The van der Waals surface area contributed by atoms with E-state index in [2.05, 4.69) is 21.2 Å². The number of hydrogen-bond acceptors (Lipinski definition) is 3. The van der Waals surface area contributed by atoms with Crippen molar-refractivity contribution in [2.24, 2.45) is 0 Å². The summed E-state index contributed by atoms with van der Waals surface area (Å²) in [7, 11) is 0. The maximum absolute atomic E-state index is 6.29. The highest BCUT2D eigenvalue weighted by atomic mass is 35.5. The molecule has 0 fully saturated rings. The lowest BCUT2D eigenvalue weighted by Crippen LogP contribution is -1.97. The number of halogens is 1. The number of benzene rings is 2. The third-order valence-electron chi connectivity index (χ3n) is 3.20. The average molecular weight is 312 g/mol. The van der Waals surface area contributed by atoms with Crippen molar-refractivity contribution in [2.45, 2.75) is 6.92 Å². The van der Waals surface area contributed by atoms with Gasteiger partial charge in [-0.25, -0.2) is 9.97 Å². The third kappa shape index (κ3) is 2.86. The molecule has 2 aromatic carbocycles. The second-order valence-electron chi connectivity index (χ2n) is 4.68. The molecule has 3 N–H and O–H groups in total. The van der Waals surface area contributed by atoms with Crippen LogP contribution in [0.15, 0.2) is 42.7 Å². The van der Waals surface area contributed by atoms with Gasteiger partial charge in [0.1, 0.15) is 12.1 Å². The smallest absolute Gasteiger partial charge is 0.141 e. The zero-order valence-electron chi connectivity index (χ0n) is 11.9. The van der Waals surface area contributed by atoms with Crippen molar-refractivity contribution in [3.63, 3.8) is 0 Å². The summed E-state index contributed by atoms with van der Waals surface area (Å²) in [5.41, 5.74) is 3.40. The van der Waals surface area contributed by atoms with E-state index in [1.165, 1.54) is 6.33 Å². The number of hydrogen-bond donors (Lipinski definition) is 1. The van der Waals surface area contributed by atoms with Gasteiger partial charge in [0.2, 0.25) is 0 Å². The van der Waals surface area contributed by atoms with Crippen LogP contribution in [0.3, 0.4) is 0 Å². The van der Waals surface area contributed by atoms with Crippen molar-refractivity contribution in [3.8, 4) is 12.3 Å². The Morgan fingerprint density at radius 3 is 2.77 bits per heavy atom. The molecular weight excluding hydrogens is 298 g/mol. The molecule has 3 rings (SSSR count). The van der Waals surface area contributed by atoms with E-state index in [1.54, 1.807) is 6.07 Å². The lowest BCUT2D eigenvalue weighted by molar-refractivity contribution is 0.824. The summed E-state index contributed by atoms with van der Waals surface area (Å²) in [4.78, 5) is 8.57. The van der Waals surface area contributed by atoms with E-state index in [0.717, 1.165) is 22.2 Å². The lowest BCUT2D eigenvalue weighted by Gasteiger charge is -2.11. The highest BCUT2D eigenvalue weighted by Crippen LogP contribution is 2.30. The summed E-state index contributed by atoms with van der Waals surface area (Å²) >= 11 is 6.29. The SMILES string of the molecule is C#Cc1cccc(Nc2ncnc3ccc(C)cc23)c1Cl.O. The quantitative estimate of drug-likeness (QED) is 0.736. The normalized spacial score (nSPS) is 9.86. The number of fused-ring (bicyclic) bond motifs is 1. The standard InChI is InChI=1S/C17H12ClN3.H2O/c1-3-12-5-4-6-15(16(12)18)21-17-13-9-11(2)7-8-14(13)19-10-20-17;/h1,4-10H,2H3,(H,19,20,21);1H2. The number of terminal acetylenes is 1. The van der Waals surface area contributed by atoms with Gasteiger partial charge in [-0.05, 0) is 31.2 Å². The Morgan fingerprint density at radius 2 is 2.00 bits per heavy atom. The van der Waals surface area contributed by atoms with Crippen LogP contribution in [0, 0.1) is 19.3 Å². The maximum Gasteiger partial charge on any atom is 0.141 e. The monoisotopic (exact) mass is 311 g/mol. The first kappa shape index (κ1) is 15.8. The molecule has 0 aliphatic rings. The highest BCUT2D eigenvalue weighted by Gasteiger charge is 2.08. The summed E-state index contributed by atoms with van der Waals surface area (Å²) in [5.74, 6) is 3.27. The van der Waals surface area contributed by atoms with Gasteiger partial charge >= 0.3 is 0 Å². The number of aryl methyl sites for hydroxylation is 1. The van der Waals surface area contributed by atoms with Crippen molar-refractivity contribution in [1.29, 1.82) is 0 Å². The predicted molar refractivity (Wildman–Crippen MR) is 90.6 cm³/mol. The van der Waals surface area contributed by atoms with Crippen LogP contribution in [0.1, 0.15) is 11.1 Å². The zero-order chi connectivity index (χ0) is 14.8. The van der Waals surface area contributed by atoms with Crippen LogP contribution in [0.25, 0.3) is 10.9 Å². The van der Waals surface area contributed by atoms with Gasteiger partial charge in [-0.1, -0.05) is 35.2 Å². The van der Waals surface area contributed by atoms with Gasteiger partial charge in [0.15, 0.2) is 0 Å². The molecule has 0 radical (unpaired) electrons. The molecule has 4 nitrogen and oxygen atoms in total. The molecule has 0 aliphatic carbocycles. The molecule has 0 saturated carbocycles. The van der Waals surface area contributed by atoms with Crippen LogP contribution >= 0.6 is 11.6 Å². The molecule has 22 heavy (non-hydrogen) atoms. The van der Waals surface area contributed by atoms with Crippen LogP contribution < -0.4 is 5.32 Å². The molecule has 0 amide bonds. The number of nitrogens with one attached hydrogen (secondary N) is 1. The van der Waals surface area contributed by atoms with Crippen LogP contribution in [0.4, 0.5) is 11.5 Å². The van der Waals surface area contributed by atoms with Crippen molar-refractivity contribution in [2.75, 3.05) is 5.32 Å². The number of nitrogens with zero attached hydrogens (tertiary/aromatic N) is 2. The van der Waals surface area contributed by atoms with E-state index in [9.17, 15) is 0 Å². The second kappa shape index (κ2) is 6.44. The van der Waals surface area contributed by atoms with E-state index in [1.807, 2.05) is 37.3 Å². The Kier molecular flexibility index (Phi) is 4.62. The molecule has 0 unspecified atom stereocenters. The first-order valence-corrected chi connectivity index (χ1v) is 6.80. The van der Waals surface area contributed by atoms with Crippen LogP contribution in [0.2, 0.25) is 5.02 Å². The fourth-order valence-electron chi connectivity index (χ4n) is 2.14. The molecule has 0 spiro atoms. The van der Waals surface area contributed by atoms with E-state index in [0.29, 0.717) is 16.4 Å². The fraction of sp³-hybridized carbons (Fsp3) is 0.0588. The second-order valence-corrected chi connectivity index (χ2v) is 5.06. The van der Waals surface area contributed by atoms with Crippen molar-refractivity contribution in [3.05, 3.63) is 58.9 Å². The Balaban J connectivity index is 0.00000176. The molecule has 3 aromatic rings. The van der Waals surface area contributed by atoms with E-state index < -0.39 is 0 Å².